The number of benzene rings is 1. The summed E-state index contributed by atoms with van der Waals surface area (Å²) >= 11 is 0. The second-order valence-corrected chi connectivity index (χ2v) is 5.32. The Bertz CT molecular complexity index is 439. The summed E-state index contributed by atoms with van der Waals surface area (Å²) in [6, 6.07) is 6.84. The number of methoxy groups -OCH3 is 2. The predicted molar refractivity (Wildman–Crippen MR) is 80.1 cm³/mol. The summed E-state index contributed by atoms with van der Waals surface area (Å²) in [5.74, 6) is 2.15. The van der Waals surface area contributed by atoms with Crippen molar-refractivity contribution in [1.29, 1.82) is 0 Å². The van der Waals surface area contributed by atoms with Crippen LogP contribution in [0.5, 0.6) is 11.5 Å². The van der Waals surface area contributed by atoms with Crippen molar-refractivity contribution in [2.45, 2.75) is 25.9 Å². The molecule has 0 radical (unpaired) electrons. The average molecular weight is 279 g/mol. The summed E-state index contributed by atoms with van der Waals surface area (Å²) in [7, 11) is 3.32. The van der Waals surface area contributed by atoms with Crippen LogP contribution in [-0.4, -0.2) is 33.4 Å². The van der Waals surface area contributed by atoms with Gasteiger partial charge in [-0.25, -0.2) is 0 Å². The van der Waals surface area contributed by atoms with Gasteiger partial charge in [0.15, 0.2) is 11.5 Å². The summed E-state index contributed by atoms with van der Waals surface area (Å²) in [4.78, 5) is 0. The molecule has 0 spiro atoms. The minimum absolute atomic E-state index is 0.280. The molecule has 1 aliphatic rings. The van der Waals surface area contributed by atoms with Crippen molar-refractivity contribution < 1.29 is 9.47 Å². The first kappa shape index (κ1) is 15.1. The molecule has 0 bridgehead atoms. The van der Waals surface area contributed by atoms with Crippen LogP contribution in [0.4, 0.5) is 0 Å². The molecule has 20 heavy (non-hydrogen) atoms. The molecule has 3 atom stereocenters. The maximum atomic E-state index is 5.35. The molecular weight excluding hydrogens is 254 g/mol. The first-order valence-corrected chi connectivity index (χ1v) is 7.09. The molecule has 0 aromatic heterocycles. The molecule has 5 nitrogen and oxygen atoms in total. The first-order chi connectivity index (χ1) is 9.65. The van der Waals surface area contributed by atoms with Gasteiger partial charge in [0, 0.05) is 31.1 Å². The van der Waals surface area contributed by atoms with Crippen LogP contribution in [0.3, 0.4) is 0 Å². The van der Waals surface area contributed by atoms with Crippen molar-refractivity contribution >= 4 is 0 Å². The normalized spacial score (nSPS) is 23.6. The van der Waals surface area contributed by atoms with E-state index in [0.29, 0.717) is 12.0 Å². The van der Waals surface area contributed by atoms with E-state index in [1.54, 1.807) is 14.2 Å². The Morgan fingerprint density at radius 3 is 2.65 bits per heavy atom. The molecule has 2 rings (SSSR count). The molecule has 112 valence electrons. The number of ether oxygens (including phenoxy) is 2. The van der Waals surface area contributed by atoms with Gasteiger partial charge in [-0.2, -0.15) is 0 Å². The summed E-state index contributed by atoms with van der Waals surface area (Å²) < 4.78 is 10.6. The smallest absolute Gasteiger partial charge is 0.161 e. The topological polar surface area (TPSA) is 54.5 Å². The molecule has 1 saturated heterocycles. The van der Waals surface area contributed by atoms with Crippen LogP contribution in [-0.2, 0) is 0 Å². The Labute approximate surface area is 121 Å². The molecule has 3 unspecified atom stereocenters. The van der Waals surface area contributed by atoms with E-state index < -0.39 is 0 Å². The highest BCUT2D eigenvalue weighted by Crippen LogP contribution is 2.29. The van der Waals surface area contributed by atoms with Gasteiger partial charge in [0.2, 0.25) is 0 Å². The van der Waals surface area contributed by atoms with Crippen LogP contribution in [0, 0.1) is 5.92 Å². The second-order valence-electron chi connectivity index (χ2n) is 5.32. The van der Waals surface area contributed by atoms with Gasteiger partial charge in [-0.3, -0.25) is 10.9 Å². The van der Waals surface area contributed by atoms with Crippen LogP contribution < -0.4 is 25.6 Å². The van der Waals surface area contributed by atoms with Crippen LogP contribution in [0.2, 0.25) is 0 Å². The largest absolute Gasteiger partial charge is 0.493 e. The van der Waals surface area contributed by atoms with E-state index in [0.717, 1.165) is 24.6 Å². The van der Waals surface area contributed by atoms with Crippen molar-refractivity contribution in [1.82, 2.24) is 16.2 Å². The molecule has 1 heterocycles. The van der Waals surface area contributed by atoms with E-state index in [-0.39, 0.29) is 6.04 Å². The third-order valence-corrected chi connectivity index (χ3v) is 3.99. The van der Waals surface area contributed by atoms with Crippen LogP contribution >= 0.6 is 0 Å². The average Bonchev–Trinajstić information content (AvgIpc) is 2.89. The van der Waals surface area contributed by atoms with E-state index in [4.69, 9.17) is 9.47 Å². The Morgan fingerprint density at radius 1 is 1.30 bits per heavy atom. The van der Waals surface area contributed by atoms with Gasteiger partial charge >= 0.3 is 0 Å². The number of hydrogen-bond acceptors (Lipinski definition) is 5. The molecule has 1 fully saturated rings. The highest BCUT2D eigenvalue weighted by atomic mass is 16.5. The van der Waals surface area contributed by atoms with Gasteiger partial charge in [-0.05, 0) is 31.5 Å². The Hall–Kier alpha value is -1.30. The molecule has 0 aliphatic carbocycles. The molecule has 5 heteroatoms. The summed E-state index contributed by atoms with van der Waals surface area (Å²) in [6.45, 7) is 6.36. The summed E-state index contributed by atoms with van der Waals surface area (Å²) in [5.41, 5.74) is 7.64. The lowest BCUT2D eigenvalue weighted by molar-refractivity contribution is 0.353. The predicted octanol–water partition coefficient (Wildman–Crippen LogP) is 1.47. The lowest BCUT2D eigenvalue weighted by Crippen LogP contribution is -2.33. The third-order valence-electron chi connectivity index (χ3n) is 3.99. The van der Waals surface area contributed by atoms with Crippen molar-refractivity contribution in [3.63, 3.8) is 0 Å². The molecule has 1 aromatic rings. The van der Waals surface area contributed by atoms with E-state index in [1.165, 1.54) is 5.56 Å². The number of nitrogens with one attached hydrogen (secondary N) is 3. The third kappa shape index (κ3) is 3.42. The minimum atomic E-state index is 0.280. The lowest BCUT2D eigenvalue weighted by Gasteiger charge is -2.20. The quantitative estimate of drug-likeness (QED) is 0.736. The molecular formula is C15H25N3O2. The Balaban J connectivity index is 1.96. The van der Waals surface area contributed by atoms with Gasteiger partial charge in [0.25, 0.3) is 0 Å². The van der Waals surface area contributed by atoms with E-state index in [9.17, 15) is 0 Å². The number of hydrogen-bond donors (Lipinski definition) is 3. The maximum absolute atomic E-state index is 5.35. The van der Waals surface area contributed by atoms with E-state index >= 15 is 0 Å². The van der Waals surface area contributed by atoms with Gasteiger partial charge in [-0.1, -0.05) is 6.07 Å². The highest BCUT2D eigenvalue weighted by molar-refractivity contribution is 5.43. The van der Waals surface area contributed by atoms with Crippen molar-refractivity contribution in [3.05, 3.63) is 23.8 Å². The van der Waals surface area contributed by atoms with Crippen LogP contribution in [0.1, 0.15) is 25.5 Å². The number of hydrazine groups is 1. The van der Waals surface area contributed by atoms with Crippen LogP contribution in [0.15, 0.2) is 18.2 Å². The van der Waals surface area contributed by atoms with Gasteiger partial charge in [-0.15, -0.1) is 0 Å². The minimum Gasteiger partial charge on any atom is -0.493 e. The monoisotopic (exact) mass is 279 g/mol. The fraction of sp³-hybridized carbons (Fsp3) is 0.600. The zero-order valence-corrected chi connectivity index (χ0v) is 12.7. The van der Waals surface area contributed by atoms with Crippen LogP contribution in [0.25, 0.3) is 0 Å². The molecule has 0 saturated carbocycles. The Kier molecular flexibility index (Phi) is 5.23. The van der Waals surface area contributed by atoms with E-state index in [1.807, 2.05) is 12.1 Å². The Morgan fingerprint density at radius 2 is 2.05 bits per heavy atom. The van der Waals surface area contributed by atoms with Crippen molar-refractivity contribution in [2.75, 3.05) is 27.3 Å². The molecule has 0 amide bonds. The highest BCUT2D eigenvalue weighted by Gasteiger charge is 2.22. The van der Waals surface area contributed by atoms with Gasteiger partial charge in [0.1, 0.15) is 0 Å². The zero-order chi connectivity index (χ0) is 14.5. The SMILES string of the molecule is COc1ccc(C(C)NCC2CNNC2C)cc1OC. The fourth-order valence-corrected chi connectivity index (χ4v) is 2.46. The molecule has 1 aliphatic heterocycles. The lowest BCUT2D eigenvalue weighted by atomic mass is 10.0. The van der Waals surface area contributed by atoms with Crippen molar-refractivity contribution in [2.24, 2.45) is 5.92 Å². The first-order valence-electron chi connectivity index (χ1n) is 7.09. The van der Waals surface area contributed by atoms with E-state index in [2.05, 4.69) is 36.1 Å². The standard InChI is InChI=1S/C15H25N3O2/c1-10(16-8-13-9-17-18-11(13)2)12-5-6-14(19-3)15(7-12)20-4/h5-7,10-11,13,16-18H,8-9H2,1-4H3. The number of rotatable bonds is 6. The van der Waals surface area contributed by atoms with Crippen molar-refractivity contribution in [3.8, 4) is 11.5 Å². The summed E-state index contributed by atoms with van der Waals surface area (Å²) in [5, 5.41) is 3.58. The second kappa shape index (κ2) is 6.92. The van der Waals surface area contributed by atoms with Gasteiger partial charge in [0.05, 0.1) is 14.2 Å². The molecule has 3 N–H and O–H groups in total. The van der Waals surface area contributed by atoms with Gasteiger partial charge < -0.3 is 14.8 Å². The zero-order valence-electron chi connectivity index (χ0n) is 12.7. The fourth-order valence-electron chi connectivity index (χ4n) is 2.46. The maximum Gasteiger partial charge on any atom is 0.161 e. The molecule has 1 aromatic carbocycles. The summed E-state index contributed by atoms with van der Waals surface area (Å²) in [6.07, 6.45) is 0.